The smallest absolute Gasteiger partial charge is 0.341 e. The van der Waals surface area contributed by atoms with Crippen LogP contribution in [0.3, 0.4) is 0 Å². The summed E-state index contributed by atoms with van der Waals surface area (Å²) in [5, 5.41) is 18.8. The number of benzene rings is 1. The number of carbonyl (C=O) groups is 1. The van der Waals surface area contributed by atoms with E-state index in [0.29, 0.717) is 5.56 Å². The number of methoxy groups -OCH3 is 2. The number of phenols is 1. The molecule has 0 fully saturated rings. The summed E-state index contributed by atoms with van der Waals surface area (Å²) in [5.41, 5.74) is 0.705. The van der Waals surface area contributed by atoms with E-state index in [1.54, 1.807) is 6.92 Å². The van der Waals surface area contributed by atoms with Crippen LogP contribution in [0.4, 0.5) is 0 Å². The van der Waals surface area contributed by atoms with E-state index in [1.807, 2.05) is 0 Å². The normalized spacial score (nSPS) is 12.0. The lowest BCUT2D eigenvalue weighted by molar-refractivity contribution is 0.0597. The van der Waals surface area contributed by atoms with Gasteiger partial charge in [-0.15, -0.1) is 0 Å². The summed E-state index contributed by atoms with van der Waals surface area (Å²) in [6, 6.07) is 2.81. The Labute approximate surface area is 99.6 Å². The van der Waals surface area contributed by atoms with Crippen LogP contribution in [0.5, 0.6) is 11.5 Å². The molecule has 1 unspecified atom stereocenters. The van der Waals surface area contributed by atoms with Gasteiger partial charge in [0.2, 0.25) is 0 Å². The highest BCUT2D eigenvalue weighted by molar-refractivity contribution is 5.93. The van der Waals surface area contributed by atoms with Crippen LogP contribution < -0.4 is 4.74 Å². The summed E-state index contributed by atoms with van der Waals surface area (Å²) in [6.07, 6.45) is 0. The van der Waals surface area contributed by atoms with Gasteiger partial charge in [0.15, 0.2) is 0 Å². The molecule has 5 nitrogen and oxygen atoms in total. The first-order valence-electron chi connectivity index (χ1n) is 5.15. The minimum Gasteiger partial charge on any atom is -0.508 e. The van der Waals surface area contributed by atoms with Crippen LogP contribution in [-0.4, -0.2) is 37.0 Å². The monoisotopic (exact) mass is 240 g/mol. The van der Waals surface area contributed by atoms with E-state index in [-0.39, 0.29) is 29.6 Å². The first-order valence-corrected chi connectivity index (χ1v) is 5.15. The highest BCUT2D eigenvalue weighted by atomic mass is 16.5. The Morgan fingerprint density at radius 1 is 1.41 bits per heavy atom. The topological polar surface area (TPSA) is 76.0 Å². The molecule has 0 aliphatic rings. The number of hydrogen-bond donors (Lipinski definition) is 2. The van der Waals surface area contributed by atoms with Crippen LogP contribution >= 0.6 is 0 Å². The molecular formula is C12H16O5. The van der Waals surface area contributed by atoms with Crippen LogP contribution in [0.15, 0.2) is 12.1 Å². The van der Waals surface area contributed by atoms with Gasteiger partial charge in [0.1, 0.15) is 17.1 Å². The Balaban J connectivity index is 3.32. The minimum absolute atomic E-state index is 0.0175. The molecule has 17 heavy (non-hydrogen) atoms. The van der Waals surface area contributed by atoms with E-state index in [9.17, 15) is 9.90 Å². The number of aliphatic hydroxyl groups excluding tert-OH is 1. The number of aliphatic hydroxyl groups is 1. The third-order valence-corrected chi connectivity index (χ3v) is 2.56. The van der Waals surface area contributed by atoms with Gasteiger partial charge in [-0.1, -0.05) is 6.92 Å². The fourth-order valence-corrected chi connectivity index (χ4v) is 1.52. The summed E-state index contributed by atoms with van der Waals surface area (Å²) in [6.45, 7) is 1.61. The molecule has 94 valence electrons. The number of phenolic OH excluding ortho intramolecular Hbond substituents is 1. The zero-order valence-corrected chi connectivity index (χ0v) is 10.1. The second-order valence-electron chi connectivity index (χ2n) is 3.69. The molecular weight excluding hydrogens is 224 g/mol. The Hall–Kier alpha value is -1.75. The van der Waals surface area contributed by atoms with Crippen molar-refractivity contribution < 1.29 is 24.5 Å². The van der Waals surface area contributed by atoms with Gasteiger partial charge < -0.3 is 19.7 Å². The van der Waals surface area contributed by atoms with Crippen LogP contribution in [0.1, 0.15) is 28.8 Å². The molecule has 0 bridgehead atoms. The van der Waals surface area contributed by atoms with Crippen molar-refractivity contribution in [1.29, 1.82) is 0 Å². The maximum atomic E-state index is 11.5. The lowest BCUT2D eigenvalue weighted by Crippen LogP contribution is -2.07. The van der Waals surface area contributed by atoms with Gasteiger partial charge in [-0.25, -0.2) is 4.79 Å². The molecule has 5 heteroatoms. The second kappa shape index (κ2) is 5.54. The molecule has 1 aromatic rings. The molecule has 0 amide bonds. The van der Waals surface area contributed by atoms with Crippen molar-refractivity contribution in [1.82, 2.24) is 0 Å². The van der Waals surface area contributed by atoms with Crippen molar-refractivity contribution in [3.05, 3.63) is 23.3 Å². The first-order chi connectivity index (χ1) is 8.04. The fraction of sp³-hybridized carbons (Fsp3) is 0.417. The number of rotatable bonds is 4. The van der Waals surface area contributed by atoms with Crippen molar-refractivity contribution in [3.63, 3.8) is 0 Å². The van der Waals surface area contributed by atoms with Crippen LogP contribution in [0, 0.1) is 0 Å². The third-order valence-electron chi connectivity index (χ3n) is 2.56. The fourth-order valence-electron chi connectivity index (χ4n) is 1.52. The zero-order chi connectivity index (χ0) is 13.0. The Morgan fingerprint density at radius 3 is 2.53 bits per heavy atom. The highest BCUT2D eigenvalue weighted by Crippen LogP contribution is 2.33. The standard InChI is InChI=1S/C12H16O5/c1-7(6-13)8-4-9(12(15)17-3)11(16-2)5-10(8)14/h4-5,7,13-14H,6H2,1-3H3. The van der Waals surface area contributed by atoms with Gasteiger partial charge in [0.05, 0.1) is 14.2 Å². The number of aromatic hydroxyl groups is 1. The van der Waals surface area contributed by atoms with Gasteiger partial charge in [-0.2, -0.15) is 0 Å². The lowest BCUT2D eigenvalue weighted by Gasteiger charge is -2.14. The first kappa shape index (κ1) is 13.3. The Bertz CT molecular complexity index is 414. The van der Waals surface area contributed by atoms with Gasteiger partial charge in [-0.3, -0.25) is 0 Å². The maximum Gasteiger partial charge on any atom is 0.341 e. The van der Waals surface area contributed by atoms with E-state index in [2.05, 4.69) is 4.74 Å². The van der Waals surface area contributed by atoms with Gasteiger partial charge in [-0.05, 0) is 6.07 Å². The summed E-state index contributed by atoms with van der Waals surface area (Å²) in [7, 11) is 2.67. The Morgan fingerprint density at radius 2 is 2.06 bits per heavy atom. The number of ether oxygens (including phenoxy) is 2. The summed E-state index contributed by atoms with van der Waals surface area (Å²) >= 11 is 0. The largest absolute Gasteiger partial charge is 0.508 e. The lowest BCUT2D eigenvalue weighted by atomic mass is 9.98. The summed E-state index contributed by atoms with van der Waals surface area (Å²) in [5.74, 6) is -0.600. The molecule has 0 aromatic heterocycles. The van der Waals surface area contributed by atoms with Crippen LogP contribution in [-0.2, 0) is 4.74 Å². The molecule has 1 aromatic carbocycles. The average molecular weight is 240 g/mol. The molecule has 1 rings (SSSR count). The van der Waals surface area contributed by atoms with E-state index in [0.717, 1.165) is 0 Å². The van der Waals surface area contributed by atoms with Crippen molar-refractivity contribution in [2.75, 3.05) is 20.8 Å². The maximum absolute atomic E-state index is 11.5. The van der Waals surface area contributed by atoms with Crippen molar-refractivity contribution >= 4 is 5.97 Å². The molecule has 0 aliphatic heterocycles. The molecule has 0 radical (unpaired) electrons. The van der Waals surface area contributed by atoms with Gasteiger partial charge in [0.25, 0.3) is 0 Å². The molecule has 2 N–H and O–H groups in total. The quantitative estimate of drug-likeness (QED) is 0.775. The van der Waals surface area contributed by atoms with Crippen LogP contribution in [0.2, 0.25) is 0 Å². The van der Waals surface area contributed by atoms with Crippen molar-refractivity contribution in [2.45, 2.75) is 12.8 Å². The van der Waals surface area contributed by atoms with E-state index >= 15 is 0 Å². The number of carbonyl (C=O) groups excluding carboxylic acids is 1. The average Bonchev–Trinajstić information content (AvgIpc) is 2.36. The van der Waals surface area contributed by atoms with Gasteiger partial charge >= 0.3 is 5.97 Å². The summed E-state index contributed by atoms with van der Waals surface area (Å²) < 4.78 is 9.62. The number of esters is 1. The molecule has 0 spiro atoms. The Kier molecular flexibility index (Phi) is 4.34. The van der Waals surface area contributed by atoms with E-state index in [4.69, 9.17) is 9.84 Å². The molecule has 0 heterocycles. The summed E-state index contributed by atoms with van der Waals surface area (Å²) in [4.78, 5) is 11.5. The zero-order valence-electron chi connectivity index (χ0n) is 10.1. The molecule has 1 atom stereocenters. The predicted octanol–water partition coefficient (Wildman–Crippen LogP) is 1.28. The minimum atomic E-state index is -0.548. The van der Waals surface area contributed by atoms with Gasteiger partial charge in [0, 0.05) is 24.2 Å². The second-order valence-corrected chi connectivity index (χ2v) is 3.69. The van der Waals surface area contributed by atoms with Crippen molar-refractivity contribution in [3.8, 4) is 11.5 Å². The van der Waals surface area contributed by atoms with E-state index in [1.165, 1.54) is 26.4 Å². The highest BCUT2D eigenvalue weighted by Gasteiger charge is 2.19. The predicted molar refractivity (Wildman–Crippen MR) is 61.5 cm³/mol. The third kappa shape index (κ3) is 2.68. The molecule has 0 saturated heterocycles. The molecule has 0 saturated carbocycles. The van der Waals surface area contributed by atoms with Crippen LogP contribution in [0.25, 0.3) is 0 Å². The van der Waals surface area contributed by atoms with E-state index < -0.39 is 5.97 Å². The molecule has 0 aliphatic carbocycles. The van der Waals surface area contributed by atoms with Crippen molar-refractivity contribution in [2.24, 2.45) is 0 Å². The number of hydrogen-bond acceptors (Lipinski definition) is 5. The SMILES string of the molecule is COC(=O)c1cc(C(C)CO)c(O)cc1OC.